The summed E-state index contributed by atoms with van der Waals surface area (Å²) in [5.74, 6) is -5.04. The third kappa shape index (κ3) is 3.93. The minimum Gasteiger partial charge on any atom is -0.503 e. The van der Waals surface area contributed by atoms with Crippen LogP contribution in [0.25, 0.3) is 22.3 Å². The molecular weight excluding hydrogens is 473 g/mol. The Morgan fingerprint density at radius 3 is 2.57 bits per heavy atom. The normalized spacial score (nSPS) is 16.7. The molecule has 1 aliphatic rings. The van der Waals surface area contributed by atoms with E-state index in [9.17, 15) is 27.1 Å². The number of halogens is 5. The van der Waals surface area contributed by atoms with E-state index >= 15 is 0 Å². The van der Waals surface area contributed by atoms with Crippen LogP contribution in [0.5, 0.6) is 5.75 Å². The lowest BCUT2D eigenvalue weighted by atomic mass is 10.0. The van der Waals surface area contributed by atoms with Crippen molar-refractivity contribution in [1.29, 1.82) is 0 Å². The van der Waals surface area contributed by atoms with Gasteiger partial charge in [-0.15, -0.1) is 0 Å². The first kappa shape index (κ1) is 23.0. The molecule has 1 aliphatic heterocycles. The van der Waals surface area contributed by atoms with Crippen LogP contribution < -0.4 is 4.90 Å². The number of hydrogen-bond donors (Lipinski definition) is 1. The van der Waals surface area contributed by atoms with E-state index in [1.165, 1.54) is 17.9 Å². The number of ether oxygens (including phenoxy) is 1. The van der Waals surface area contributed by atoms with Crippen LogP contribution in [-0.4, -0.2) is 44.6 Å². The van der Waals surface area contributed by atoms with Crippen molar-refractivity contribution >= 4 is 17.0 Å². The van der Waals surface area contributed by atoms with Crippen LogP contribution in [0.4, 0.5) is 27.9 Å². The Kier molecular flexibility index (Phi) is 5.55. The molecule has 1 fully saturated rings. The molecule has 1 atom stereocenters. The highest BCUT2D eigenvalue weighted by atomic mass is 19.4. The molecule has 7 nitrogen and oxygen atoms in total. The molecule has 2 aromatic carbocycles. The number of anilines is 1. The molecule has 5 rings (SSSR count). The number of nitrogens with zero attached hydrogens (tertiary/aromatic N) is 5. The summed E-state index contributed by atoms with van der Waals surface area (Å²) in [5, 5.41) is 13.9. The van der Waals surface area contributed by atoms with E-state index in [1.54, 1.807) is 0 Å². The van der Waals surface area contributed by atoms with Crippen LogP contribution in [0.3, 0.4) is 0 Å². The van der Waals surface area contributed by atoms with E-state index < -0.39 is 34.7 Å². The highest BCUT2D eigenvalue weighted by molar-refractivity contribution is 5.91. The van der Waals surface area contributed by atoms with Crippen molar-refractivity contribution in [2.24, 2.45) is 7.05 Å². The van der Waals surface area contributed by atoms with Gasteiger partial charge < -0.3 is 14.7 Å². The summed E-state index contributed by atoms with van der Waals surface area (Å²) < 4.78 is 75.3. The number of aryl methyl sites for hydroxylation is 1. The smallest absolute Gasteiger partial charge is 0.419 e. The summed E-state index contributed by atoms with van der Waals surface area (Å²) in [4.78, 5) is 10.9. The van der Waals surface area contributed by atoms with Crippen LogP contribution >= 0.6 is 0 Å². The standard InChI is InChI=1S/C23H18F5N5O2/c1-32-21-14(19(31-32)13-9-15(23(26,27)28)18(25)20(34)17(13)24)10-29-22(30-21)33-7-8-35-11-16(33)12-5-3-2-4-6-12/h2-6,9-10,16,34H,7-8,11H2,1H3. The maximum absolute atomic E-state index is 14.7. The highest BCUT2D eigenvalue weighted by Gasteiger charge is 2.38. The number of hydrogen-bond acceptors (Lipinski definition) is 6. The predicted molar refractivity (Wildman–Crippen MR) is 116 cm³/mol. The fourth-order valence-corrected chi connectivity index (χ4v) is 4.16. The van der Waals surface area contributed by atoms with E-state index in [0.29, 0.717) is 25.7 Å². The first-order chi connectivity index (χ1) is 16.7. The topological polar surface area (TPSA) is 76.3 Å². The van der Waals surface area contributed by atoms with Gasteiger partial charge in [0.2, 0.25) is 5.95 Å². The lowest BCUT2D eigenvalue weighted by Gasteiger charge is -2.35. The monoisotopic (exact) mass is 491 g/mol. The Hall–Kier alpha value is -3.80. The van der Waals surface area contributed by atoms with Crippen molar-refractivity contribution in [2.45, 2.75) is 12.2 Å². The lowest BCUT2D eigenvalue weighted by Crippen LogP contribution is -2.40. The largest absolute Gasteiger partial charge is 0.503 e. The van der Waals surface area contributed by atoms with Gasteiger partial charge in [-0.25, -0.2) is 18.4 Å². The Morgan fingerprint density at radius 1 is 1.11 bits per heavy atom. The van der Waals surface area contributed by atoms with Gasteiger partial charge in [0.15, 0.2) is 23.0 Å². The van der Waals surface area contributed by atoms with Crippen LogP contribution in [0.1, 0.15) is 17.2 Å². The van der Waals surface area contributed by atoms with Gasteiger partial charge in [-0.2, -0.15) is 23.3 Å². The SMILES string of the molecule is Cn1nc(-c2cc(C(F)(F)F)c(F)c(O)c2F)c2cnc(N3CCOCC3c3ccccc3)nc21. The molecule has 4 aromatic rings. The van der Waals surface area contributed by atoms with E-state index in [1.807, 2.05) is 35.2 Å². The zero-order valence-corrected chi connectivity index (χ0v) is 18.2. The Bertz CT molecular complexity index is 1410. The van der Waals surface area contributed by atoms with Crippen molar-refractivity contribution in [3.63, 3.8) is 0 Å². The number of phenolic OH excluding ortho intramolecular Hbond substituents is 1. The number of aromatic hydroxyl groups is 1. The van der Waals surface area contributed by atoms with Crippen LogP contribution in [0.2, 0.25) is 0 Å². The first-order valence-electron chi connectivity index (χ1n) is 10.5. The van der Waals surface area contributed by atoms with Gasteiger partial charge in [-0.1, -0.05) is 30.3 Å². The van der Waals surface area contributed by atoms with Gasteiger partial charge in [0.05, 0.1) is 30.2 Å². The quantitative estimate of drug-likeness (QED) is 0.422. The summed E-state index contributed by atoms with van der Waals surface area (Å²) in [6, 6.07) is 9.73. The summed E-state index contributed by atoms with van der Waals surface area (Å²) in [5.41, 5.74) is -1.56. The van der Waals surface area contributed by atoms with E-state index in [4.69, 9.17) is 4.74 Å². The molecule has 1 N–H and O–H groups in total. The third-order valence-corrected chi connectivity index (χ3v) is 5.88. The van der Waals surface area contributed by atoms with Crippen molar-refractivity contribution in [2.75, 3.05) is 24.7 Å². The minimum absolute atomic E-state index is 0.138. The number of fused-ring (bicyclic) bond motifs is 1. The average molecular weight is 491 g/mol. The average Bonchev–Trinajstić information content (AvgIpc) is 3.18. The van der Waals surface area contributed by atoms with Gasteiger partial charge >= 0.3 is 6.18 Å². The number of alkyl halides is 3. The van der Waals surface area contributed by atoms with E-state index in [2.05, 4.69) is 15.1 Å². The summed E-state index contributed by atoms with van der Waals surface area (Å²) in [6.45, 7) is 1.34. The number of aromatic nitrogens is 4. The molecule has 0 amide bonds. The van der Waals surface area contributed by atoms with E-state index in [0.717, 1.165) is 5.56 Å². The second-order valence-electron chi connectivity index (χ2n) is 8.02. The van der Waals surface area contributed by atoms with Gasteiger partial charge in [0, 0.05) is 25.4 Å². The van der Waals surface area contributed by atoms with Crippen molar-refractivity contribution in [1.82, 2.24) is 19.7 Å². The number of benzene rings is 2. The van der Waals surface area contributed by atoms with Gasteiger partial charge in [0.25, 0.3) is 0 Å². The first-order valence-corrected chi connectivity index (χ1v) is 10.5. The molecule has 35 heavy (non-hydrogen) atoms. The molecular formula is C23H18F5N5O2. The number of rotatable bonds is 3. The molecule has 1 saturated heterocycles. The van der Waals surface area contributed by atoms with Gasteiger partial charge in [-0.3, -0.25) is 0 Å². The Morgan fingerprint density at radius 2 is 1.86 bits per heavy atom. The molecule has 1 unspecified atom stereocenters. The Balaban J connectivity index is 1.62. The third-order valence-electron chi connectivity index (χ3n) is 5.88. The maximum Gasteiger partial charge on any atom is 0.419 e. The van der Waals surface area contributed by atoms with Crippen LogP contribution in [-0.2, 0) is 18.0 Å². The molecule has 12 heteroatoms. The molecule has 2 aromatic heterocycles. The van der Waals surface area contributed by atoms with Gasteiger partial charge in [0.1, 0.15) is 5.69 Å². The van der Waals surface area contributed by atoms with Crippen molar-refractivity contribution in [3.05, 3.63) is 65.4 Å². The molecule has 182 valence electrons. The fourth-order valence-electron chi connectivity index (χ4n) is 4.16. The summed E-state index contributed by atoms with van der Waals surface area (Å²) in [7, 11) is 1.49. The second-order valence-corrected chi connectivity index (χ2v) is 8.02. The van der Waals surface area contributed by atoms with Gasteiger partial charge in [-0.05, 0) is 11.6 Å². The van der Waals surface area contributed by atoms with E-state index in [-0.39, 0.29) is 28.8 Å². The van der Waals surface area contributed by atoms with Crippen molar-refractivity contribution in [3.8, 4) is 17.0 Å². The van der Waals surface area contributed by atoms with Crippen LogP contribution in [0, 0.1) is 11.6 Å². The predicted octanol–water partition coefficient (Wildman–Crippen LogP) is 4.61. The zero-order valence-electron chi connectivity index (χ0n) is 18.2. The highest BCUT2D eigenvalue weighted by Crippen LogP contribution is 2.41. The summed E-state index contributed by atoms with van der Waals surface area (Å²) >= 11 is 0. The summed E-state index contributed by atoms with van der Waals surface area (Å²) in [6.07, 6.45) is -3.83. The number of phenols is 1. The second kappa shape index (κ2) is 8.45. The Labute approximate surface area is 195 Å². The zero-order chi connectivity index (χ0) is 24.9. The number of morpholine rings is 1. The van der Waals surface area contributed by atoms with Crippen LogP contribution in [0.15, 0.2) is 42.6 Å². The lowest BCUT2D eigenvalue weighted by molar-refractivity contribution is -0.140. The molecule has 0 radical (unpaired) electrons. The van der Waals surface area contributed by atoms with Crippen molar-refractivity contribution < 1.29 is 31.8 Å². The maximum atomic E-state index is 14.7. The molecule has 0 bridgehead atoms. The molecule has 0 aliphatic carbocycles. The molecule has 0 spiro atoms. The fraction of sp³-hybridized carbons (Fsp3) is 0.261. The molecule has 3 heterocycles. The minimum atomic E-state index is -5.15. The molecule has 0 saturated carbocycles.